The molecule has 1 unspecified atom stereocenters. The summed E-state index contributed by atoms with van der Waals surface area (Å²) in [5.41, 5.74) is -1.88. The van der Waals surface area contributed by atoms with E-state index in [4.69, 9.17) is 4.74 Å². The third kappa shape index (κ3) is 8.12. The van der Waals surface area contributed by atoms with Crippen LogP contribution < -0.4 is 0 Å². The maximum absolute atomic E-state index is 11.4. The summed E-state index contributed by atoms with van der Waals surface area (Å²) < 4.78 is 5.04. The molecule has 0 fully saturated rings. The van der Waals surface area contributed by atoms with Crippen molar-refractivity contribution >= 4 is 11.8 Å². The molecule has 0 spiro atoms. The standard InChI is InChI=1S/C11H20O4/c1-8(12)6-11(5,14)7-9(13)15-10(2,3)4/h14H,6-7H2,1-5H3. The van der Waals surface area contributed by atoms with E-state index in [2.05, 4.69) is 0 Å². The Balaban J connectivity index is 4.22. The number of esters is 1. The summed E-state index contributed by atoms with van der Waals surface area (Å²) in [6.45, 7) is 8.10. The number of hydrogen-bond donors (Lipinski definition) is 1. The van der Waals surface area contributed by atoms with E-state index in [1.165, 1.54) is 13.8 Å². The predicted molar refractivity (Wildman–Crippen MR) is 56.4 cm³/mol. The highest BCUT2D eigenvalue weighted by Gasteiger charge is 2.28. The Morgan fingerprint density at radius 3 is 1.93 bits per heavy atom. The zero-order chi connectivity index (χ0) is 12.3. The largest absolute Gasteiger partial charge is 0.460 e. The molecule has 4 nitrogen and oxygen atoms in total. The van der Waals surface area contributed by atoms with Gasteiger partial charge in [-0.05, 0) is 34.6 Å². The average molecular weight is 216 g/mol. The molecule has 0 radical (unpaired) electrons. The van der Waals surface area contributed by atoms with Gasteiger partial charge in [0.2, 0.25) is 0 Å². The van der Waals surface area contributed by atoms with Crippen molar-refractivity contribution in [2.75, 3.05) is 0 Å². The smallest absolute Gasteiger partial charge is 0.309 e. The molecular weight excluding hydrogens is 196 g/mol. The van der Waals surface area contributed by atoms with Gasteiger partial charge in [0.05, 0.1) is 12.0 Å². The lowest BCUT2D eigenvalue weighted by atomic mass is 9.96. The minimum absolute atomic E-state index is 0.0355. The van der Waals surface area contributed by atoms with Gasteiger partial charge in [0.25, 0.3) is 0 Å². The highest BCUT2D eigenvalue weighted by atomic mass is 16.6. The van der Waals surface area contributed by atoms with Crippen LogP contribution in [0.4, 0.5) is 0 Å². The van der Waals surface area contributed by atoms with Gasteiger partial charge < -0.3 is 9.84 Å². The summed E-state index contributed by atoms with van der Waals surface area (Å²) in [6.07, 6.45) is -0.198. The Labute approximate surface area is 90.6 Å². The fourth-order valence-corrected chi connectivity index (χ4v) is 1.29. The van der Waals surface area contributed by atoms with Gasteiger partial charge in [-0.3, -0.25) is 9.59 Å². The Morgan fingerprint density at radius 2 is 1.60 bits per heavy atom. The van der Waals surface area contributed by atoms with Crippen LogP contribution in [0, 0.1) is 0 Å². The third-order valence-electron chi connectivity index (χ3n) is 1.57. The number of hydrogen-bond acceptors (Lipinski definition) is 4. The molecule has 0 heterocycles. The number of ether oxygens (including phenoxy) is 1. The monoisotopic (exact) mass is 216 g/mol. The van der Waals surface area contributed by atoms with Crippen molar-refractivity contribution in [1.82, 2.24) is 0 Å². The summed E-state index contributed by atoms with van der Waals surface area (Å²) in [5, 5.41) is 9.73. The van der Waals surface area contributed by atoms with E-state index in [1.54, 1.807) is 20.8 Å². The van der Waals surface area contributed by atoms with Crippen LogP contribution in [-0.2, 0) is 14.3 Å². The van der Waals surface area contributed by atoms with Gasteiger partial charge in [-0.2, -0.15) is 0 Å². The first-order valence-electron chi connectivity index (χ1n) is 4.95. The van der Waals surface area contributed by atoms with Crippen LogP contribution >= 0.6 is 0 Å². The molecular formula is C11H20O4. The number of carbonyl (C=O) groups excluding carboxylic acids is 2. The van der Waals surface area contributed by atoms with Crippen molar-refractivity contribution in [2.45, 2.75) is 58.7 Å². The highest BCUT2D eigenvalue weighted by molar-refractivity contribution is 5.78. The van der Waals surface area contributed by atoms with E-state index < -0.39 is 17.2 Å². The second kappa shape index (κ2) is 4.75. The maximum atomic E-state index is 11.4. The average Bonchev–Trinajstić information content (AvgIpc) is 1.73. The van der Waals surface area contributed by atoms with Crippen molar-refractivity contribution < 1.29 is 19.4 Å². The van der Waals surface area contributed by atoms with E-state index in [1.807, 2.05) is 0 Å². The second-order valence-electron chi connectivity index (χ2n) is 5.14. The Kier molecular flexibility index (Phi) is 4.46. The van der Waals surface area contributed by atoms with E-state index in [0.29, 0.717) is 0 Å². The molecule has 1 N–H and O–H groups in total. The van der Waals surface area contributed by atoms with Crippen molar-refractivity contribution in [3.05, 3.63) is 0 Å². The molecule has 0 aliphatic heterocycles. The van der Waals surface area contributed by atoms with E-state index in [0.717, 1.165) is 0 Å². The minimum atomic E-state index is -1.31. The van der Waals surface area contributed by atoms with Gasteiger partial charge >= 0.3 is 5.97 Å². The molecule has 0 aromatic heterocycles. The molecule has 0 saturated heterocycles. The molecule has 0 aliphatic rings. The molecule has 0 aromatic rings. The van der Waals surface area contributed by atoms with Crippen molar-refractivity contribution in [3.8, 4) is 0 Å². The van der Waals surface area contributed by atoms with Crippen LogP contribution in [0.2, 0.25) is 0 Å². The lowest BCUT2D eigenvalue weighted by molar-refractivity contribution is -0.160. The number of rotatable bonds is 4. The molecule has 0 saturated carbocycles. The molecule has 0 aliphatic carbocycles. The van der Waals surface area contributed by atoms with Gasteiger partial charge in [0.1, 0.15) is 11.4 Å². The lowest BCUT2D eigenvalue weighted by Crippen LogP contribution is -2.34. The topological polar surface area (TPSA) is 63.6 Å². The van der Waals surface area contributed by atoms with E-state index >= 15 is 0 Å². The van der Waals surface area contributed by atoms with E-state index in [-0.39, 0.29) is 18.6 Å². The van der Waals surface area contributed by atoms with Crippen molar-refractivity contribution in [1.29, 1.82) is 0 Å². The molecule has 4 heteroatoms. The number of aliphatic hydroxyl groups is 1. The number of carbonyl (C=O) groups is 2. The van der Waals surface area contributed by atoms with Gasteiger partial charge in [0.15, 0.2) is 0 Å². The summed E-state index contributed by atoms with van der Waals surface area (Å²) in [5.74, 6) is -0.641. The van der Waals surface area contributed by atoms with Crippen LogP contribution in [0.25, 0.3) is 0 Å². The predicted octanol–water partition coefficient (Wildman–Crippen LogP) is 1.45. The molecule has 15 heavy (non-hydrogen) atoms. The fourth-order valence-electron chi connectivity index (χ4n) is 1.29. The van der Waals surface area contributed by atoms with Gasteiger partial charge in [-0.15, -0.1) is 0 Å². The Morgan fingerprint density at radius 1 is 1.13 bits per heavy atom. The molecule has 88 valence electrons. The Bertz CT molecular complexity index is 248. The van der Waals surface area contributed by atoms with Gasteiger partial charge in [-0.25, -0.2) is 0 Å². The van der Waals surface area contributed by atoms with Crippen LogP contribution in [0.15, 0.2) is 0 Å². The van der Waals surface area contributed by atoms with Crippen LogP contribution in [0.1, 0.15) is 47.5 Å². The summed E-state index contributed by atoms with van der Waals surface area (Å²) in [6, 6.07) is 0. The second-order valence-corrected chi connectivity index (χ2v) is 5.14. The van der Waals surface area contributed by atoms with Crippen molar-refractivity contribution in [3.63, 3.8) is 0 Å². The Hall–Kier alpha value is -0.900. The molecule has 0 amide bonds. The third-order valence-corrected chi connectivity index (χ3v) is 1.57. The van der Waals surface area contributed by atoms with Gasteiger partial charge in [0, 0.05) is 6.42 Å². The fraction of sp³-hybridized carbons (Fsp3) is 0.818. The van der Waals surface area contributed by atoms with E-state index in [9.17, 15) is 14.7 Å². The first kappa shape index (κ1) is 14.1. The number of ketones is 1. The molecule has 1 atom stereocenters. The normalized spacial score (nSPS) is 15.6. The molecule has 0 rings (SSSR count). The zero-order valence-electron chi connectivity index (χ0n) is 10.1. The summed E-state index contributed by atoms with van der Waals surface area (Å²) in [4.78, 5) is 22.2. The summed E-state index contributed by atoms with van der Waals surface area (Å²) >= 11 is 0. The zero-order valence-corrected chi connectivity index (χ0v) is 10.1. The van der Waals surface area contributed by atoms with Crippen LogP contribution in [0.5, 0.6) is 0 Å². The van der Waals surface area contributed by atoms with Crippen LogP contribution in [0.3, 0.4) is 0 Å². The van der Waals surface area contributed by atoms with Crippen molar-refractivity contribution in [2.24, 2.45) is 0 Å². The molecule has 0 bridgehead atoms. The quantitative estimate of drug-likeness (QED) is 0.722. The minimum Gasteiger partial charge on any atom is -0.460 e. The molecule has 0 aromatic carbocycles. The first-order chi connectivity index (χ1) is 6.52. The SMILES string of the molecule is CC(=O)CC(C)(O)CC(=O)OC(C)(C)C. The highest BCUT2D eigenvalue weighted by Crippen LogP contribution is 2.18. The number of Topliss-reactive ketones (excluding diaryl/α,β-unsaturated/α-hetero) is 1. The first-order valence-corrected chi connectivity index (χ1v) is 4.95. The maximum Gasteiger partial charge on any atom is 0.309 e. The lowest BCUT2D eigenvalue weighted by Gasteiger charge is -2.24. The van der Waals surface area contributed by atoms with Gasteiger partial charge in [-0.1, -0.05) is 0 Å². The van der Waals surface area contributed by atoms with Crippen LogP contribution in [-0.4, -0.2) is 28.1 Å². The summed E-state index contributed by atoms with van der Waals surface area (Å²) in [7, 11) is 0.